The third kappa shape index (κ3) is 6.73. The molecule has 1 aromatic carbocycles. The molecular weight excluding hydrogens is 577 g/mol. The summed E-state index contributed by atoms with van der Waals surface area (Å²) in [4.78, 5) is 34.9. The monoisotopic (exact) mass is 601 g/mol. The molecule has 0 spiro atoms. The number of pyridine rings is 2. The third-order valence-corrected chi connectivity index (χ3v) is 7.92. The first-order valence-corrected chi connectivity index (χ1v) is 13.6. The Morgan fingerprint density at radius 1 is 1.05 bits per heavy atom. The molecule has 1 fully saturated rings. The summed E-state index contributed by atoms with van der Waals surface area (Å²) in [5, 5.41) is 2.99. The SMILES string of the molecule is Nc1ccc(/C=C/C(=O)NCc2cc3cc(-c4ccc(C(=O)N5CCC(F)(F)CC5)cn4)cc(C(F)(F)F)c3s2)cn1. The highest BCUT2D eigenvalue weighted by atomic mass is 32.1. The first-order valence-electron chi connectivity index (χ1n) is 12.8. The molecule has 1 saturated heterocycles. The number of piperidine rings is 1. The molecule has 7 nitrogen and oxygen atoms in total. The summed E-state index contributed by atoms with van der Waals surface area (Å²) in [6.45, 7) is -0.153. The van der Waals surface area contributed by atoms with E-state index in [0.717, 1.165) is 17.4 Å². The number of carbonyl (C=O) groups is 2. The van der Waals surface area contributed by atoms with Gasteiger partial charge < -0.3 is 16.0 Å². The first kappa shape index (κ1) is 29.1. The molecule has 4 heterocycles. The summed E-state index contributed by atoms with van der Waals surface area (Å²) < 4.78 is 69.0. The number of fused-ring (bicyclic) bond motifs is 1. The largest absolute Gasteiger partial charge is 0.417 e. The van der Waals surface area contributed by atoms with Crippen molar-refractivity contribution in [1.82, 2.24) is 20.2 Å². The number of aromatic nitrogens is 2. The Bertz CT molecular complexity index is 1640. The molecule has 1 aliphatic rings. The molecule has 4 aromatic rings. The van der Waals surface area contributed by atoms with Crippen LogP contribution >= 0.6 is 11.3 Å². The number of carbonyl (C=O) groups excluding carboxylic acids is 2. The molecule has 0 saturated carbocycles. The fourth-order valence-corrected chi connectivity index (χ4v) is 5.60. The Kier molecular flexibility index (Phi) is 7.95. The van der Waals surface area contributed by atoms with E-state index in [2.05, 4.69) is 15.3 Å². The molecule has 0 aliphatic carbocycles. The molecule has 13 heteroatoms. The number of amides is 2. The van der Waals surface area contributed by atoms with E-state index in [4.69, 9.17) is 5.73 Å². The average Bonchev–Trinajstić information content (AvgIpc) is 3.37. The highest BCUT2D eigenvalue weighted by Crippen LogP contribution is 2.41. The van der Waals surface area contributed by atoms with Gasteiger partial charge in [0.25, 0.3) is 11.8 Å². The maximum absolute atomic E-state index is 14.0. The predicted octanol–water partition coefficient (Wildman–Crippen LogP) is 6.16. The number of rotatable bonds is 6. The van der Waals surface area contributed by atoms with Gasteiger partial charge in [-0.1, -0.05) is 0 Å². The lowest BCUT2D eigenvalue weighted by Gasteiger charge is -2.31. The quantitative estimate of drug-likeness (QED) is 0.204. The Hall–Kier alpha value is -4.39. The second-order valence-corrected chi connectivity index (χ2v) is 10.9. The number of nitrogens with two attached hydrogens (primary N) is 1. The van der Waals surface area contributed by atoms with Crippen LogP contribution in [0.3, 0.4) is 0 Å². The number of anilines is 1. The van der Waals surface area contributed by atoms with Gasteiger partial charge in [0.05, 0.1) is 23.4 Å². The van der Waals surface area contributed by atoms with Crippen LogP contribution < -0.4 is 11.1 Å². The number of likely N-dealkylation sites (tertiary alicyclic amines) is 1. The smallest absolute Gasteiger partial charge is 0.384 e. The van der Waals surface area contributed by atoms with E-state index in [1.807, 2.05) is 0 Å². The van der Waals surface area contributed by atoms with Crippen molar-refractivity contribution in [3.05, 3.63) is 82.5 Å². The lowest BCUT2D eigenvalue weighted by Crippen LogP contribution is -2.42. The van der Waals surface area contributed by atoms with Gasteiger partial charge in [0, 0.05) is 59.5 Å². The van der Waals surface area contributed by atoms with E-state index in [1.54, 1.807) is 24.3 Å². The van der Waals surface area contributed by atoms with Crippen LogP contribution in [0.2, 0.25) is 0 Å². The Morgan fingerprint density at radius 2 is 1.81 bits per heavy atom. The second-order valence-electron chi connectivity index (χ2n) is 9.80. The lowest BCUT2D eigenvalue weighted by molar-refractivity contribution is -0.136. The van der Waals surface area contributed by atoms with Crippen molar-refractivity contribution in [3.63, 3.8) is 0 Å². The summed E-state index contributed by atoms with van der Waals surface area (Å²) in [6, 6.07) is 10.3. The highest BCUT2D eigenvalue weighted by molar-refractivity contribution is 7.19. The van der Waals surface area contributed by atoms with Gasteiger partial charge in [0.1, 0.15) is 5.82 Å². The zero-order chi connectivity index (χ0) is 30.1. The standard InChI is InChI=1S/C29H24F5N5O2S/c30-28(31)7-9-39(10-8-28)27(41)18-3-4-23(36-15-18)19-11-20-12-21(42-26(20)22(13-19)29(32,33)34)16-38-25(40)6-2-17-1-5-24(35)37-14-17/h1-6,11-15H,7-10,16H2,(H2,35,37)(H,38,40)/b6-2+. The van der Waals surface area contributed by atoms with Gasteiger partial charge in [-0.05, 0) is 59.5 Å². The van der Waals surface area contributed by atoms with E-state index in [1.165, 1.54) is 41.6 Å². The van der Waals surface area contributed by atoms with Crippen LogP contribution in [-0.2, 0) is 17.5 Å². The van der Waals surface area contributed by atoms with Crippen molar-refractivity contribution in [2.24, 2.45) is 0 Å². The maximum atomic E-state index is 14.0. The molecule has 0 atom stereocenters. The van der Waals surface area contributed by atoms with Crippen molar-refractivity contribution in [1.29, 1.82) is 0 Å². The Balaban J connectivity index is 1.33. The van der Waals surface area contributed by atoms with Gasteiger partial charge in [-0.25, -0.2) is 13.8 Å². The maximum Gasteiger partial charge on any atom is 0.417 e. The van der Waals surface area contributed by atoms with Crippen LogP contribution in [0.1, 0.15) is 39.2 Å². The van der Waals surface area contributed by atoms with Crippen molar-refractivity contribution >= 4 is 45.1 Å². The van der Waals surface area contributed by atoms with E-state index < -0.39 is 42.3 Å². The fourth-order valence-electron chi connectivity index (χ4n) is 4.48. The van der Waals surface area contributed by atoms with E-state index in [9.17, 15) is 31.5 Å². The van der Waals surface area contributed by atoms with Gasteiger partial charge >= 0.3 is 6.18 Å². The minimum Gasteiger partial charge on any atom is -0.384 e. The number of thiophene rings is 1. The van der Waals surface area contributed by atoms with E-state index in [0.29, 0.717) is 21.6 Å². The first-order chi connectivity index (χ1) is 19.9. The van der Waals surface area contributed by atoms with Crippen LogP contribution in [0.15, 0.2) is 60.9 Å². The molecule has 0 unspecified atom stereocenters. The van der Waals surface area contributed by atoms with Crippen molar-refractivity contribution in [2.75, 3.05) is 18.8 Å². The van der Waals surface area contributed by atoms with Crippen LogP contribution in [0.4, 0.5) is 27.8 Å². The molecule has 0 bridgehead atoms. The molecule has 3 N–H and O–H groups in total. The molecule has 218 valence electrons. The van der Waals surface area contributed by atoms with Crippen molar-refractivity contribution < 1.29 is 31.5 Å². The van der Waals surface area contributed by atoms with Gasteiger partial charge in [-0.3, -0.25) is 14.6 Å². The summed E-state index contributed by atoms with van der Waals surface area (Å²) in [6.07, 6.45) is 0.0770. The minimum absolute atomic E-state index is 0.0205. The third-order valence-electron chi connectivity index (χ3n) is 6.73. The van der Waals surface area contributed by atoms with E-state index in [-0.39, 0.29) is 41.2 Å². The molecule has 5 rings (SSSR count). The number of alkyl halides is 5. The van der Waals surface area contributed by atoms with Gasteiger partial charge in [-0.2, -0.15) is 13.2 Å². The molecular formula is C29H24F5N5O2S. The Labute approximate surface area is 240 Å². The molecule has 2 amide bonds. The number of nitrogen functional groups attached to an aromatic ring is 1. The molecule has 0 radical (unpaired) electrons. The molecule has 42 heavy (non-hydrogen) atoms. The van der Waals surface area contributed by atoms with Gasteiger partial charge in [-0.15, -0.1) is 11.3 Å². The topological polar surface area (TPSA) is 101 Å². The normalized spacial score (nSPS) is 15.3. The summed E-state index contributed by atoms with van der Waals surface area (Å²) >= 11 is 0.928. The number of nitrogens with one attached hydrogen (secondary N) is 1. The van der Waals surface area contributed by atoms with Crippen molar-refractivity contribution in [2.45, 2.75) is 31.5 Å². The summed E-state index contributed by atoms with van der Waals surface area (Å²) in [5.74, 6) is -3.34. The number of halogens is 5. The Morgan fingerprint density at radius 3 is 2.45 bits per heavy atom. The summed E-state index contributed by atoms with van der Waals surface area (Å²) in [5.41, 5.74) is 5.92. The van der Waals surface area contributed by atoms with Crippen LogP contribution in [-0.4, -0.2) is 45.7 Å². The van der Waals surface area contributed by atoms with E-state index >= 15 is 0 Å². The average molecular weight is 602 g/mol. The highest BCUT2D eigenvalue weighted by Gasteiger charge is 2.36. The zero-order valence-corrected chi connectivity index (χ0v) is 22.7. The second kappa shape index (κ2) is 11.5. The zero-order valence-electron chi connectivity index (χ0n) is 21.9. The van der Waals surface area contributed by atoms with Crippen LogP contribution in [0, 0.1) is 0 Å². The van der Waals surface area contributed by atoms with Gasteiger partial charge in [0.2, 0.25) is 5.91 Å². The fraction of sp³-hybridized carbons (Fsp3) is 0.241. The van der Waals surface area contributed by atoms with Gasteiger partial charge in [0.15, 0.2) is 0 Å². The number of benzene rings is 1. The number of hydrogen-bond donors (Lipinski definition) is 2. The molecule has 3 aromatic heterocycles. The summed E-state index contributed by atoms with van der Waals surface area (Å²) in [7, 11) is 0. The van der Waals surface area contributed by atoms with Crippen molar-refractivity contribution in [3.8, 4) is 11.3 Å². The molecule has 1 aliphatic heterocycles. The number of hydrogen-bond acceptors (Lipinski definition) is 6. The number of nitrogens with zero attached hydrogens (tertiary/aromatic N) is 3. The minimum atomic E-state index is -4.65. The predicted molar refractivity (Wildman–Crippen MR) is 150 cm³/mol. The lowest BCUT2D eigenvalue weighted by atomic mass is 10.0. The van der Waals surface area contributed by atoms with Crippen LogP contribution in [0.5, 0.6) is 0 Å². The van der Waals surface area contributed by atoms with Crippen LogP contribution in [0.25, 0.3) is 27.4 Å².